The highest BCUT2D eigenvalue weighted by Crippen LogP contribution is 2.68. The predicted octanol–water partition coefficient (Wildman–Crippen LogP) is 6.91. The molecule has 10 heteroatoms. The van der Waals surface area contributed by atoms with Crippen LogP contribution in [0.1, 0.15) is 103 Å². The van der Waals surface area contributed by atoms with Gasteiger partial charge in [0.05, 0.1) is 11.7 Å². The maximum absolute atomic E-state index is 13.4. The number of carbonyl (C=O) groups excluding carboxylic acids is 2. The Bertz CT molecular complexity index is 1350. The fourth-order valence-electron chi connectivity index (χ4n) is 8.35. The molecular weight excluding hydrogens is 565 g/mol. The van der Waals surface area contributed by atoms with E-state index in [-0.39, 0.29) is 47.9 Å². The van der Waals surface area contributed by atoms with Crippen molar-refractivity contribution in [3.8, 4) is 5.75 Å². The summed E-state index contributed by atoms with van der Waals surface area (Å²) in [5.41, 5.74) is 1.12. The smallest absolute Gasteiger partial charge is 0.452 e. The van der Waals surface area contributed by atoms with E-state index in [9.17, 15) is 9.59 Å². The van der Waals surface area contributed by atoms with Crippen molar-refractivity contribution in [3.63, 3.8) is 0 Å². The second-order valence-corrected chi connectivity index (χ2v) is 17.5. The molecule has 8 rings (SSSR count). The Morgan fingerprint density at radius 1 is 1.09 bits per heavy atom. The van der Waals surface area contributed by atoms with Gasteiger partial charge in [-0.15, -0.1) is 11.8 Å². The summed E-state index contributed by atoms with van der Waals surface area (Å²) in [6.45, 7) is 19.7. The lowest BCUT2D eigenvalue weighted by molar-refractivity contribution is -0.199. The highest BCUT2D eigenvalue weighted by molar-refractivity contribution is 8.00. The molecule has 3 aliphatic heterocycles. The van der Waals surface area contributed by atoms with Gasteiger partial charge >= 0.3 is 19.2 Å². The van der Waals surface area contributed by atoms with Crippen LogP contribution < -0.4 is 4.74 Å². The molecule has 234 valence electrons. The van der Waals surface area contributed by atoms with Crippen LogP contribution in [-0.4, -0.2) is 65.5 Å². The zero-order valence-corrected chi connectivity index (χ0v) is 27.8. The Morgan fingerprint density at radius 2 is 1.81 bits per heavy atom. The molecule has 3 heterocycles. The Hall–Kier alpha value is -1.91. The van der Waals surface area contributed by atoms with Gasteiger partial charge in [0.1, 0.15) is 16.9 Å². The van der Waals surface area contributed by atoms with Crippen molar-refractivity contribution in [1.29, 1.82) is 0 Å². The second kappa shape index (κ2) is 9.55. The molecular formula is C33H46BNO7S. The number of fused-ring (bicyclic) bond motifs is 1. The maximum atomic E-state index is 13.4. The highest BCUT2D eigenvalue weighted by Gasteiger charge is 2.70. The van der Waals surface area contributed by atoms with E-state index in [0.717, 1.165) is 23.3 Å². The van der Waals surface area contributed by atoms with E-state index >= 15 is 0 Å². The molecule has 1 aromatic carbocycles. The molecule has 1 amide bonds. The van der Waals surface area contributed by atoms with E-state index in [0.29, 0.717) is 47.6 Å². The van der Waals surface area contributed by atoms with Crippen LogP contribution in [0.5, 0.6) is 5.75 Å². The van der Waals surface area contributed by atoms with Gasteiger partial charge in [-0.2, -0.15) is 0 Å². The predicted molar refractivity (Wildman–Crippen MR) is 164 cm³/mol. The van der Waals surface area contributed by atoms with Crippen LogP contribution in [0, 0.1) is 23.2 Å². The molecule has 0 radical (unpaired) electrons. The number of ether oxygens (including phenoxy) is 3. The molecule has 8 nitrogen and oxygen atoms in total. The Labute approximate surface area is 260 Å². The van der Waals surface area contributed by atoms with Crippen LogP contribution in [-0.2, 0) is 18.8 Å². The van der Waals surface area contributed by atoms with Crippen molar-refractivity contribution in [2.45, 2.75) is 127 Å². The van der Waals surface area contributed by atoms with E-state index in [1.807, 2.05) is 26.8 Å². The van der Waals surface area contributed by atoms with E-state index in [2.05, 4.69) is 33.8 Å². The molecule has 2 saturated heterocycles. The molecule has 4 aliphatic carbocycles. The minimum absolute atomic E-state index is 0.160. The number of benzene rings is 1. The molecule has 7 aliphatic rings. The molecule has 0 spiro atoms. The fraction of sp³-hybridized carbons (Fsp3) is 0.758. The Kier molecular flexibility index (Phi) is 6.62. The zero-order valence-electron chi connectivity index (χ0n) is 27.0. The molecule has 4 saturated carbocycles. The molecule has 1 aromatic rings. The van der Waals surface area contributed by atoms with Gasteiger partial charge in [0.2, 0.25) is 5.79 Å². The van der Waals surface area contributed by atoms with Crippen molar-refractivity contribution in [2.24, 2.45) is 23.2 Å². The number of rotatable bonds is 5. The highest BCUT2D eigenvalue weighted by atomic mass is 32.2. The lowest BCUT2D eigenvalue weighted by Crippen LogP contribution is -2.65. The first-order valence-corrected chi connectivity index (χ1v) is 16.9. The van der Waals surface area contributed by atoms with Crippen molar-refractivity contribution in [1.82, 2.24) is 4.90 Å². The number of thioether (sulfide) groups is 1. The van der Waals surface area contributed by atoms with Gasteiger partial charge in [0.25, 0.3) is 0 Å². The summed E-state index contributed by atoms with van der Waals surface area (Å²) in [7, 11) is -0.227. The number of carbonyl (C=O) groups is 2. The Morgan fingerprint density at radius 3 is 2.49 bits per heavy atom. The van der Waals surface area contributed by atoms with E-state index in [4.69, 9.17) is 23.5 Å². The normalized spacial score (nSPS) is 35.9. The number of nitrogens with zero attached hydrogens (tertiary/aromatic N) is 1. The third kappa shape index (κ3) is 4.89. The summed E-state index contributed by atoms with van der Waals surface area (Å²) in [6.07, 6.45) is 3.15. The molecule has 0 unspecified atom stereocenters. The largest absolute Gasteiger partial charge is 0.461 e. The molecule has 43 heavy (non-hydrogen) atoms. The average molecular weight is 612 g/mol. The standard InChI is InChI=1S/C33H46BNO7S/c1-17(18-15-35(16-18)29(37)40-30(2,3)4)43-23-11-10-20(27-26(23)28(36)39-32(7,8)38-27)21-14-22(21)34-41-25-13-19-12-24(31(19,5)6)33(25,9)42-34/h10-11,17-19,21-22,24-25H,12-16H2,1-9H3/t17-,19+,21-,22-,24+,25-,33-/m0/s1. The molecule has 7 atom stereocenters. The van der Waals surface area contributed by atoms with Gasteiger partial charge in [-0.3, -0.25) is 0 Å². The van der Waals surface area contributed by atoms with Crippen LogP contribution >= 0.6 is 11.8 Å². The van der Waals surface area contributed by atoms with Crippen LogP contribution in [0.2, 0.25) is 5.82 Å². The van der Waals surface area contributed by atoms with Crippen LogP contribution in [0.15, 0.2) is 17.0 Å². The van der Waals surface area contributed by atoms with Gasteiger partial charge in [0, 0.05) is 48.8 Å². The maximum Gasteiger partial charge on any atom is 0.461 e. The van der Waals surface area contributed by atoms with E-state index < -0.39 is 11.4 Å². The summed E-state index contributed by atoms with van der Waals surface area (Å²) in [5, 5.41) is 0.185. The number of hydrogen-bond donors (Lipinski definition) is 0. The van der Waals surface area contributed by atoms with Gasteiger partial charge in [-0.1, -0.05) is 26.8 Å². The lowest BCUT2D eigenvalue weighted by Gasteiger charge is -2.64. The monoisotopic (exact) mass is 611 g/mol. The van der Waals surface area contributed by atoms with Gasteiger partial charge in [-0.05, 0) is 81.8 Å². The first-order chi connectivity index (χ1) is 20.0. The fourth-order valence-corrected chi connectivity index (χ4v) is 9.56. The average Bonchev–Trinajstić information content (AvgIpc) is 3.54. The van der Waals surface area contributed by atoms with Crippen LogP contribution in [0.3, 0.4) is 0 Å². The number of cyclic esters (lactones) is 1. The first kappa shape index (κ1) is 29.8. The Balaban J connectivity index is 1.07. The topological polar surface area (TPSA) is 83.5 Å². The number of likely N-dealkylation sites (tertiary alicyclic amines) is 1. The summed E-state index contributed by atoms with van der Waals surface area (Å²) >= 11 is 1.65. The lowest BCUT2D eigenvalue weighted by atomic mass is 9.43. The van der Waals surface area contributed by atoms with Crippen molar-refractivity contribution < 1.29 is 33.1 Å². The van der Waals surface area contributed by atoms with Crippen molar-refractivity contribution in [3.05, 3.63) is 23.3 Å². The molecule has 0 aromatic heterocycles. The van der Waals surface area contributed by atoms with E-state index in [1.54, 1.807) is 30.5 Å². The number of esters is 1. The quantitative estimate of drug-likeness (QED) is 0.202. The number of amides is 1. The molecule has 6 fully saturated rings. The third-order valence-corrected chi connectivity index (χ3v) is 12.5. The van der Waals surface area contributed by atoms with Crippen molar-refractivity contribution >= 4 is 30.9 Å². The molecule has 0 N–H and O–H groups in total. The third-order valence-electron chi connectivity index (χ3n) is 11.1. The zero-order chi connectivity index (χ0) is 30.9. The summed E-state index contributed by atoms with van der Waals surface area (Å²) in [6, 6.07) is 4.18. The SMILES string of the molecule is C[C@H](Sc1ccc([C@@H]2C[C@@H]2B2O[C@H]3C[C@H]4C[C@H](C4(C)C)[C@]3(C)O2)c2c1C(=O)OC(C)(C)O2)C1CN(C(=O)OC(C)(C)C)C1. The summed E-state index contributed by atoms with van der Waals surface area (Å²) in [4.78, 5) is 28.5. The minimum Gasteiger partial charge on any atom is -0.452 e. The van der Waals surface area contributed by atoms with Crippen LogP contribution in [0.25, 0.3) is 0 Å². The summed E-state index contributed by atoms with van der Waals surface area (Å²) < 4.78 is 31.1. The molecule has 2 bridgehead atoms. The van der Waals surface area contributed by atoms with Gasteiger partial charge < -0.3 is 28.4 Å². The van der Waals surface area contributed by atoms with Crippen LogP contribution in [0.4, 0.5) is 4.79 Å². The van der Waals surface area contributed by atoms with E-state index in [1.165, 1.54) is 6.42 Å². The van der Waals surface area contributed by atoms with Crippen molar-refractivity contribution in [2.75, 3.05) is 13.1 Å². The van der Waals surface area contributed by atoms with Gasteiger partial charge in [-0.25, -0.2) is 9.59 Å². The summed E-state index contributed by atoms with van der Waals surface area (Å²) in [5.74, 6) is 1.24. The minimum atomic E-state index is -1.05. The number of hydrogen-bond acceptors (Lipinski definition) is 8. The second-order valence-electron chi connectivity index (χ2n) is 16.1. The first-order valence-electron chi connectivity index (χ1n) is 16.0. The van der Waals surface area contributed by atoms with Gasteiger partial charge in [0.15, 0.2) is 0 Å².